The van der Waals surface area contributed by atoms with E-state index in [0.717, 1.165) is 41.6 Å². The molecule has 4 rings (SSSR count). The second kappa shape index (κ2) is 6.98. The number of rotatable bonds is 2. The van der Waals surface area contributed by atoms with E-state index in [1.807, 2.05) is 24.3 Å². The molecule has 2 aromatic carbocycles. The topological polar surface area (TPSA) is 39.3 Å². The van der Waals surface area contributed by atoms with E-state index in [-0.39, 0.29) is 5.56 Å². The summed E-state index contributed by atoms with van der Waals surface area (Å²) in [5.41, 5.74) is 5.26. The fourth-order valence-electron chi connectivity index (χ4n) is 3.43. The van der Waals surface area contributed by atoms with Crippen LogP contribution in [0.5, 0.6) is 0 Å². The van der Waals surface area contributed by atoms with Gasteiger partial charge in [0.2, 0.25) is 5.56 Å². The lowest BCUT2D eigenvalue weighted by molar-refractivity contribution is 0.343. The van der Waals surface area contributed by atoms with Gasteiger partial charge in [0.25, 0.3) is 0 Å². The summed E-state index contributed by atoms with van der Waals surface area (Å²) in [7, 11) is 2.13. The highest BCUT2D eigenvalue weighted by Gasteiger charge is 2.20. The molecular weight excluding hydrogens is 346 g/mol. The van der Waals surface area contributed by atoms with Crippen LogP contribution in [0.1, 0.15) is 5.56 Å². The molecule has 0 aliphatic carbocycles. The zero-order valence-electron chi connectivity index (χ0n) is 14.6. The number of halogens is 1. The summed E-state index contributed by atoms with van der Waals surface area (Å²) in [6, 6.07) is 19.6. The number of nitrogens with zero attached hydrogens (tertiary/aromatic N) is 2. The van der Waals surface area contributed by atoms with E-state index >= 15 is 0 Å². The maximum absolute atomic E-state index is 11.6. The molecule has 0 fully saturated rings. The molecule has 132 valence electrons. The van der Waals surface area contributed by atoms with Gasteiger partial charge in [-0.1, -0.05) is 29.8 Å². The number of benzene rings is 2. The summed E-state index contributed by atoms with van der Waals surface area (Å²) < 4.78 is 0. The van der Waals surface area contributed by atoms with Crippen molar-refractivity contribution in [1.29, 1.82) is 0 Å². The smallest absolute Gasteiger partial charge is 0.248 e. The fourth-order valence-corrected chi connectivity index (χ4v) is 3.62. The molecule has 0 radical (unpaired) electrons. The van der Waals surface area contributed by atoms with Crippen LogP contribution < -0.4 is 10.5 Å². The summed E-state index contributed by atoms with van der Waals surface area (Å²) in [5.74, 6) is 0. The molecule has 0 amide bonds. The highest BCUT2D eigenvalue weighted by atomic mass is 35.5. The molecule has 0 atom stereocenters. The summed E-state index contributed by atoms with van der Waals surface area (Å²) in [4.78, 5) is 19.2. The van der Waals surface area contributed by atoms with Crippen LogP contribution >= 0.6 is 11.6 Å². The van der Waals surface area contributed by atoms with E-state index in [4.69, 9.17) is 11.6 Å². The minimum absolute atomic E-state index is 0.0879. The van der Waals surface area contributed by atoms with Crippen molar-refractivity contribution in [2.24, 2.45) is 0 Å². The van der Waals surface area contributed by atoms with Crippen LogP contribution in [0.4, 0.5) is 11.4 Å². The van der Waals surface area contributed by atoms with Gasteiger partial charge in [-0.2, -0.15) is 0 Å². The summed E-state index contributed by atoms with van der Waals surface area (Å²) in [6.45, 7) is 2.71. The number of hydrogen-bond acceptors (Lipinski definition) is 3. The van der Waals surface area contributed by atoms with Crippen molar-refractivity contribution in [3.8, 4) is 11.3 Å². The van der Waals surface area contributed by atoms with Crippen molar-refractivity contribution in [3.05, 3.63) is 81.6 Å². The molecule has 3 aromatic rings. The number of aromatic amines is 1. The zero-order chi connectivity index (χ0) is 18.1. The molecule has 1 aliphatic rings. The minimum Gasteiger partial charge on any atom is -0.340 e. The van der Waals surface area contributed by atoms with E-state index in [9.17, 15) is 4.79 Å². The number of anilines is 2. The Morgan fingerprint density at radius 3 is 2.65 bits per heavy atom. The predicted octanol–water partition coefficient (Wildman–Crippen LogP) is 4.28. The number of aromatic nitrogens is 1. The predicted molar refractivity (Wildman–Crippen MR) is 107 cm³/mol. The Morgan fingerprint density at radius 1 is 1.00 bits per heavy atom. The standard InChI is InChI=1S/C21H20ClN3O/c1-24-10-11-25(18-5-2-4-17(22)13-18)20-9-8-15(12-16(20)14-24)19-6-3-7-21(26)23-19/h2-9,12-13H,10-11,14H2,1H3,(H,23,26). The number of fused-ring (bicyclic) bond motifs is 1. The van der Waals surface area contributed by atoms with Crippen molar-refractivity contribution < 1.29 is 0 Å². The molecule has 5 heteroatoms. The van der Waals surface area contributed by atoms with Gasteiger partial charge in [0, 0.05) is 47.8 Å². The molecular formula is C21H20ClN3O. The largest absolute Gasteiger partial charge is 0.340 e. The van der Waals surface area contributed by atoms with Crippen molar-refractivity contribution >= 4 is 23.0 Å². The highest BCUT2D eigenvalue weighted by Crippen LogP contribution is 2.34. The summed E-state index contributed by atoms with van der Waals surface area (Å²) >= 11 is 6.21. The van der Waals surface area contributed by atoms with Gasteiger partial charge in [0.15, 0.2) is 0 Å². The molecule has 1 N–H and O–H groups in total. The zero-order valence-corrected chi connectivity index (χ0v) is 15.3. The quantitative estimate of drug-likeness (QED) is 0.736. The first-order chi connectivity index (χ1) is 12.6. The van der Waals surface area contributed by atoms with Crippen LogP contribution in [-0.2, 0) is 6.54 Å². The second-order valence-electron chi connectivity index (χ2n) is 6.64. The number of pyridine rings is 1. The van der Waals surface area contributed by atoms with Gasteiger partial charge in [0.1, 0.15) is 0 Å². The number of H-pyrrole nitrogens is 1. The molecule has 0 spiro atoms. The Morgan fingerprint density at radius 2 is 1.85 bits per heavy atom. The molecule has 2 heterocycles. The molecule has 1 aliphatic heterocycles. The van der Waals surface area contributed by atoms with E-state index in [0.29, 0.717) is 0 Å². The monoisotopic (exact) mass is 365 g/mol. The molecule has 0 saturated carbocycles. The van der Waals surface area contributed by atoms with Gasteiger partial charge in [0.05, 0.1) is 0 Å². The Balaban J connectivity index is 1.80. The van der Waals surface area contributed by atoms with E-state index < -0.39 is 0 Å². The molecule has 4 nitrogen and oxygen atoms in total. The third-order valence-corrected chi connectivity index (χ3v) is 4.95. The first kappa shape index (κ1) is 16.9. The maximum atomic E-state index is 11.6. The fraction of sp³-hybridized carbons (Fsp3) is 0.190. The second-order valence-corrected chi connectivity index (χ2v) is 7.08. The normalized spacial score (nSPS) is 14.8. The third-order valence-electron chi connectivity index (χ3n) is 4.72. The molecule has 26 heavy (non-hydrogen) atoms. The number of hydrogen-bond donors (Lipinski definition) is 1. The van der Waals surface area contributed by atoms with Crippen LogP contribution in [0.3, 0.4) is 0 Å². The van der Waals surface area contributed by atoms with Crippen LogP contribution in [0.15, 0.2) is 65.5 Å². The summed E-state index contributed by atoms with van der Waals surface area (Å²) in [6.07, 6.45) is 0. The van der Waals surface area contributed by atoms with E-state index in [1.54, 1.807) is 6.07 Å². The Hall–Kier alpha value is -2.56. The van der Waals surface area contributed by atoms with Gasteiger partial charge < -0.3 is 14.8 Å². The minimum atomic E-state index is -0.0879. The SMILES string of the molecule is CN1CCN(c2cccc(Cl)c2)c2ccc(-c3cccc(=O)[nH]3)cc2C1. The van der Waals surface area contributed by atoms with Crippen LogP contribution in [0, 0.1) is 0 Å². The van der Waals surface area contributed by atoms with E-state index in [2.05, 4.69) is 46.1 Å². The van der Waals surface area contributed by atoms with Crippen LogP contribution in [0.2, 0.25) is 5.02 Å². The first-order valence-corrected chi connectivity index (χ1v) is 9.02. The third kappa shape index (κ3) is 3.39. The highest BCUT2D eigenvalue weighted by molar-refractivity contribution is 6.30. The van der Waals surface area contributed by atoms with Crippen molar-refractivity contribution in [2.45, 2.75) is 6.54 Å². The van der Waals surface area contributed by atoms with Crippen molar-refractivity contribution in [3.63, 3.8) is 0 Å². The molecule has 0 saturated heterocycles. The van der Waals surface area contributed by atoms with Crippen LogP contribution in [0.25, 0.3) is 11.3 Å². The lowest BCUT2D eigenvalue weighted by atomic mass is 10.0. The lowest BCUT2D eigenvalue weighted by Gasteiger charge is -2.25. The Bertz CT molecular complexity index is 998. The maximum Gasteiger partial charge on any atom is 0.248 e. The average Bonchev–Trinajstić information content (AvgIpc) is 2.79. The Kier molecular flexibility index (Phi) is 4.53. The molecule has 0 unspecified atom stereocenters. The molecule has 1 aromatic heterocycles. The van der Waals surface area contributed by atoms with Crippen molar-refractivity contribution in [1.82, 2.24) is 9.88 Å². The van der Waals surface area contributed by atoms with E-state index in [1.165, 1.54) is 17.3 Å². The van der Waals surface area contributed by atoms with Gasteiger partial charge in [-0.15, -0.1) is 0 Å². The summed E-state index contributed by atoms with van der Waals surface area (Å²) in [5, 5.41) is 0.736. The van der Waals surface area contributed by atoms with Gasteiger partial charge in [-0.25, -0.2) is 0 Å². The number of nitrogens with one attached hydrogen (secondary N) is 1. The van der Waals surface area contributed by atoms with Gasteiger partial charge in [-0.3, -0.25) is 4.79 Å². The van der Waals surface area contributed by atoms with Gasteiger partial charge in [-0.05, 0) is 54.6 Å². The van der Waals surface area contributed by atoms with Crippen LogP contribution in [-0.4, -0.2) is 30.0 Å². The lowest BCUT2D eigenvalue weighted by Crippen LogP contribution is -2.26. The number of likely N-dealkylation sites (N-methyl/N-ethyl adjacent to an activating group) is 1. The molecule has 0 bridgehead atoms. The Labute approximate surface area is 157 Å². The van der Waals surface area contributed by atoms with Gasteiger partial charge >= 0.3 is 0 Å². The average molecular weight is 366 g/mol. The first-order valence-electron chi connectivity index (χ1n) is 8.64. The van der Waals surface area contributed by atoms with Crippen molar-refractivity contribution in [2.75, 3.05) is 25.0 Å².